The van der Waals surface area contributed by atoms with E-state index in [4.69, 9.17) is 9.97 Å². The molecule has 0 aliphatic rings. The molecule has 0 unspecified atom stereocenters. The molecule has 11 aromatic rings. The molecule has 280 valence electrons. The van der Waals surface area contributed by atoms with E-state index in [-0.39, 0.29) is 0 Å². The molecule has 1 heterocycles. The SMILES string of the molecule is c1ccc(-c2cc(-c3ccccc3)cc(-c3cccc(-c4cccc(-c5ccc(-c6nc(-c7ccc8ccccc8c7)c7ccc8ccccc8c7n6)cc5)c4)c3)c2)cc1. The molecule has 0 atom stereocenters. The van der Waals surface area contributed by atoms with Crippen LogP contribution in [-0.2, 0) is 0 Å². The molecule has 0 N–H and O–H groups in total. The summed E-state index contributed by atoms with van der Waals surface area (Å²) in [6.07, 6.45) is 0. The van der Waals surface area contributed by atoms with Crippen molar-refractivity contribution >= 4 is 32.4 Å². The Hall–Kier alpha value is -7.94. The maximum Gasteiger partial charge on any atom is 0.160 e. The third-order valence-electron chi connectivity index (χ3n) is 11.6. The van der Waals surface area contributed by atoms with Crippen molar-refractivity contribution in [2.75, 3.05) is 0 Å². The molecule has 10 aromatic carbocycles. The van der Waals surface area contributed by atoms with Gasteiger partial charge in [-0.15, -0.1) is 0 Å². The summed E-state index contributed by atoms with van der Waals surface area (Å²) >= 11 is 0. The van der Waals surface area contributed by atoms with E-state index in [9.17, 15) is 0 Å². The zero-order valence-corrected chi connectivity index (χ0v) is 32.8. The molecule has 1 aromatic heterocycles. The Balaban J connectivity index is 0.948. The fourth-order valence-electron chi connectivity index (χ4n) is 8.51. The van der Waals surface area contributed by atoms with Gasteiger partial charge in [-0.3, -0.25) is 0 Å². The second kappa shape index (κ2) is 15.1. The minimum Gasteiger partial charge on any atom is -0.227 e. The number of hydrogen-bond acceptors (Lipinski definition) is 2. The van der Waals surface area contributed by atoms with Gasteiger partial charge in [0.25, 0.3) is 0 Å². The lowest BCUT2D eigenvalue weighted by Crippen LogP contribution is -1.96. The van der Waals surface area contributed by atoms with Gasteiger partial charge in [-0.1, -0.05) is 188 Å². The summed E-state index contributed by atoms with van der Waals surface area (Å²) in [7, 11) is 0. The van der Waals surface area contributed by atoms with Crippen LogP contribution in [0, 0.1) is 0 Å². The van der Waals surface area contributed by atoms with Crippen LogP contribution in [0.15, 0.2) is 231 Å². The van der Waals surface area contributed by atoms with Crippen LogP contribution in [0.5, 0.6) is 0 Å². The summed E-state index contributed by atoms with van der Waals surface area (Å²) in [5.41, 5.74) is 15.8. The first-order valence-corrected chi connectivity index (χ1v) is 20.5. The molecule has 0 spiro atoms. The average molecular weight is 763 g/mol. The molecular weight excluding hydrogens is 725 g/mol. The number of fused-ring (bicyclic) bond motifs is 4. The van der Waals surface area contributed by atoms with E-state index in [0.29, 0.717) is 5.82 Å². The van der Waals surface area contributed by atoms with E-state index in [1.165, 1.54) is 55.3 Å². The molecule has 2 heteroatoms. The highest BCUT2D eigenvalue weighted by Gasteiger charge is 2.15. The van der Waals surface area contributed by atoms with Crippen LogP contribution in [0.2, 0.25) is 0 Å². The first-order chi connectivity index (χ1) is 29.7. The van der Waals surface area contributed by atoms with E-state index in [1.54, 1.807) is 0 Å². The van der Waals surface area contributed by atoms with Gasteiger partial charge in [0.15, 0.2) is 5.82 Å². The van der Waals surface area contributed by atoms with Gasteiger partial charge in [-0.25, -0.2) is 9.97 Å². The van der Waals surface area contributed by atoms with E-state index < -0.39 is 0 Å². The average Bonchev–Trinajstić information content (AvgIpc) is 3.34. The molecule has 0 amide bonds. The quantitative estimate of drug-likeness (QED) is 0.151. The number of nitrogens with zero attached hydrogens (tertiary/aromatic N) is 2. The van der Waals surface area contributed by atoms with Gasteiger partial charge in [-0.2, -0.15) is 0 Å². The highest BCUT2D eigenvalue weighted by atomic mass is 14.9. The van der Waals surface area contributed by atoms with Crippen LogP contribution in [0.25, 0.3) is 111 Å². The normalized spacial score (nSPS) is 11.3. The molecule has 0 aliphatic heterocycles. The molecule has 0 saturated carbocycles. The molecule has 60 heavy (non-hydrogen) atoms. The van der Waals surface area contributed by atoms with E-state index >= 15 is 0 Å². The summed E-state index contributed by atoms with van der Waals surface area (Å²) in [4.78, 5) is 10.5. The van der Waals surface area contributed by atoms with Gasteiger partial charge in [0, 0.05) is 21.9 Å². The maximum atomic E-state index is 5.28. The highest BCUT2D eigenvalue weighted by Crippen LogP contribution is 2.37. The van der Waals surface area contributed by atoms with Crippen molar-refractivity contribution in [3.05, 3.63) is 231 Å². The second-order valence-corrected chi connectivity index (χ2v) is 15.4. The van der Waals surface area contributed by atoms with Gasteiger partial charge in [-0.05, 0) is 114 Å². The molecule has 0 aliphatic carbocycles. The Morgan fingerprint density at radius 2 is 0.650 bits per heavy atom. The van der Waals surface area contributed by atoms with Gasteiger partial charge in [0.2, 0.25) is 0 Å². The minimum atomic E-state index is 0.714. The highest BCUT2D eigenvalue weighted by molar-refractivity contribution is 6.10. The molecule has 2 nitrogen and oxygen atoms in total. The van der Waals surface area contributed by atoms with Gasteiger partial charge in [0.05, 0.1) is 11.2 Å². The topological polar surface area (TPSA) is 25.8 Å². The number of aromatic nitrogens is 2. The van der Waals surface area contributed by atoms with Crippen LogP contribution < -0.4 is 0 Å². The largest absolute Gasteiger partial charge is 0.227 e. The fraction of sp³-hybridized carbons (Fsp3) is 0. The van der Waals surface area contributed by atoms with E-state index in [1.807, 2.05) is 0 Å². The van der Waals surface area contributed by atoms with Crippen LogP contribution in [0.1, 0.15) is 0 Å². The molecule has 0 radical (unpaired) electrons. The lowest BCUT2D eigenvalue weighted by molar-refractivity contribution is 1.23. The van der Waals surface area contributed by atoms with Crippen molar-refractivity contribution in [1.82, 2.24) is 9.97 Å². The predicted molar refractivity (Wildman–Crippen MR) is 253 cm³/mol. The van der Waals surface area contributed by atoms with Gasteiger partial charge in [0.1, 0.15) is 0 Å². The van der Waals surface area contributed by atoms with Crippen LogP contribution in [0.4, 0.5) is 0 Å². The smallest absolute Gasteiger partial charge is 0.160 e. The summed E-state index contributed by atoms with van der Waals surface area (Å²) in [5.74, 6) is 0.714. The third kappa shape index (κ3) is 6.70. The Bertz CT molecular complexity index is 3290. The number of hydrogen-bond donors (Lipinski definition) is 0. The van der Waals surface area contributed by atoms with E-state index in [0.717, 1.165) is 49.6 Å². The van der Waals surface area contributed by atoms with Gasteiger partial charge < -0.3 is 0 Å². The standard InChI is InChI=1S/C58H38N2/c1-3-13-39(14-4-1)51-36-52(40-15-5-2-6-16-40)38-53(37-51)49-23-12-22-48(34-49)47-21-11-20-46(33-47)42-25-28-44(29-26-42)58-59-56(50-30-27-41-17-7-8-19-45(41)35-50)55-32-31-43-18-9-10-24-54(43)57(55)60-58/h1-38H. The van der Waals surface area contributed by atoms with Crippen LogP contribution in [-0.4, -0.2) is 9.97 Å². The first kappa shape index (κ1) is 35.2. The summed E-state index contributed by atoms with van der Waals surface area (Å²) in [6.45, 7) is 0. The predicted octanol–water partition coefficient (Wildman–Crippen LogP) is 15.6. The van der Waals surface area contributed by atoms with Crippen molar-refractivity contribution in [3.8, 4) is 78.3 Å². The van der Waals surface area contributed by atoms with Crippen molar-refractivity contribution in [1.29, 1.82) is 0 Å². The Kier molecular flexibility index (Phi) is 8.87. The fourth-order valence-corrected chi connectivity index (χ4v) is 8.51. The first-order valence-electron chi connectivity index (χ1n) is 20.5. The number of rotatable bonds is 7. The zero-order valence-electron chi connectivity index (χ0n) is 32.8. The van der Waals surface area contributed by atoms with Crippen molar-refractivity contribution < 1.29 is 0 Å². The zero-order chi connectivity index (χ0) is 39.8. The third-order valence-corrected chi connectivity index (χ3v) is 11.6. The number of benzene rings is 10. The summed E-state index contributed by atoms with van der Waals surface area (Å²) in [5, 5.41) is 5.74. The Morgan fingerprint density at radius 1 is 0.217 bits per heavy atom. The lowest BCUT2D eigenvalue weighted by Gasteiger charge is -2.13. The molecule has 0 saturated heterocycles. The lowest BCUT2D eigenvalue weighted by atomic mass is 9.92. The Morgan fingerprint density at radius 3 is 1.30 bits per heavy atom. The summed E-state index contributed by atoms with van der Waals surface area (Å²) < 4.78 is 0. The molecule has 0 bridgehead atoms. The van der Waals surface area contributed by atoms with Crippen LogP contribution >= 0.6 is 0 Å². The molecule has 11 rings (SSSR count). The van der Waals surface area contributed by atoms with Crippen LogP contribution in [0.3, 0.4) is 0 Å². The monoisotopic (exact) mass is 762 g/mol. The van der Waals surface area contributed by atoms with E-state index in [2.05, 4.69) is 231 Å². The van der Waals surface area contributed by atoms with Gasteiger partial charge >= 0.3 is 0 Å². The molecule has 0 fully saturated rings. The van der Waals surface area contributed by atoms with Crippen molar-refractivity contribution in [2.45, 2.75) is 0 Å². The summed E-state index contributed by atoms with van der Waals surface area (Å²) in [6, 6.07) is 82.6. The Labute approximate surface area is 349 Å². The maximum absolute atomic E-state index is 5.28. The van der Waals surface area contributed by atoms with Crippen molar-refractivity contribution in [3.63, 3.8) is 0 Å². The minimum absolute atomic E-state index is 0.714. The second-order valence-electron chi connectivity index (χ2n) is 15.4. The van der Waals surface area contributed by atoms with Crippen molar-refractivity contribution in [2.24, 2.45) is 0 Å². The molecular formula is C58H38N2.